The van der Waals surface area contributed by atoms with E-state index >= 15 is 0 Å². The molecule has 1 aliphatic carbocycles. The zero-order valence-corrected chi connectivity index (χ0v) is 30.0. The summed E-state index contributed by atoms with van der Waals surface area (Å²) in [6.45, 7) is 7.58. The molecule has 2 N–H and O–H groups in total. The van der Waals surface area contributed by atoms with E-state index in [9.17, 15) is 28.0 Å². The van der Waals surface area contributed by atoms with Crippen molar-refractivity contribution in [3.63, 3.8) is 0 Å². The van der Waals surface area contributed by atoms with Crippen LogP contribution in [0.1, 0.15) is 86.6 Å². The van der Waals surface area contributed by atoms with Gasteiger partial charge in [-0.25, -0.2) is 18.6 Å². The van der Waals surface area contributed by atoms with Crippen LogP contribution in [0.4, 0.5) is 13.6 Å². The van der Waals surface area contributed by atoms with Crippen molar-refractivity contribution in [1.82, 2.24) is 25.4 Å². The number of carbonyl (C=O) groups is 4. The van der Waals surface area contributed by atoms with E-state index in [1.165, 1.54) is 29.2 Å². The van der Waals surface area contributed by atoms with Crippen LogP contribution in [0.15, 0.2) is 60.7 Å². The standard InChI is InChI=1S/C40H45F2N5O5/c1-24(32-19-27(12-11-26(32)10-9-25-7-8-25)29-6-5-17-46(22-29)39(51)52-40(2,3)4)44-38(50)35-20-31(42)23-47(35)36(48)21-43-37(49)34-15-13-28-18-30(41)14-16-33(28)45-34/h6,9-16,18-19,24-25,31,35H,5,7-8,17,20-23H2,1-4H3,(H,43,49)(H,44,50)/b10-9+/t24-,31+,35-/m0/s1. The molecule has 0 unspecified atom stereocenters. The van der Waals surface area contributed by atoms with E-state index in [2.05, 4.69) is 33.8 Å². The Kier molecular flexibility index (Phi) is 10.7. The van der Waals surface area contributed by atoms with E-state index in [0.29, 0.717) is 36.3 Å². The van der Waals surface area contributed by atoms with Gasteiger partial charge in [-0.15, -0.1) is 0 Å². The fourth-order valence-corrected chi connectivity index (χ4v) is 6.53. The Morgan fingerprint density at radius 3 is 2.62 bits per heavy atom. The summed E-state index contributed by atoms with van der Waals surface area (Å²) >= 11 is 0. The Morgan fingerprint density at radius 1 is 1.08 bits per heavy atom. The van der Waals surface area contributed by atoms with Gasteiger partial charge in [0.1, 0.15) is 29.3 Å². The largest absolute Gasteiger partial charge is 0.444 e. The van der Waals surface area contributed by atoms with Gasteiger partial charge in [-0.05, 0) is 105 Å². The van der Waals surface area contributed by atoms with Gasteiger partial charge in [-0.3, -0.25) is 14.4 Å². The number of likely N-dealkylation sites (tertiary alicyclic amines) is 1. The molecule has 3 aliphatic rings. The van der Waals surface area contributed by atoms with Crippen LogP contribution in [0.3, 0.4) is 0 Å². The first-order chi connectivity index (χ1) is 24.7. The van der Waals surface area contributed by atoms with E-state index in [-0.39, 0.29) is 24.8 Å². The number of fused-ring (bicyclic) bond motifs is 1. The summed E-state index contributed by atoms with van der Waals surface area (Å²) in [5, 5.41) is 6.06. The van der Waals surface area contributed by atoms with Gasteiger partial charge in [0.15, 0.2) is 0 Å². The first-order valence-corrected chi connectivity index (χ1v) is 17.8. The number of alkyl halides is 1. The molecule has 1 saturated carbocycles. The SMILES string of the molecule is C[C@H](NC(=O)[C@@H]1C[C@@H](F)CN1C(=O)CNC(=O)c1ccc2cc(F)ccc2n1)c1cc(C2=CCCN(C(=O)OC(C)(C)C)C2)ccc1/C=C/C1CC1. The average molecular weight is 714 g/mol. The molecule has 0 radical (unpaired) electrons. The Hall–Kier alpha value is -5.13. The monoisotopic (exact) mass is 713 g/mol. The second kappa shape index (κ2) is 15.2. The second-order valence-corrected chi connectivity index (χ2v) is 14.8. The average Bonchev–Trinajstić information content (AvgIpc) is 3.86. The van der Waals surface area contributed by atoms with Crippen molar-refractivity contribution in [2.24, 2.45) is 5.92 Å². The highest BCUT2D eigenvalue weighted by molar-refractivity contribution is 5.97. The number of benzene rings is 2. The Bertz CT molecular complexity index is 1930. The predicted octanol–water partition coefficient (Wildman–Crippen LogP) is 6.37. The van der Waals surface area contributed by atoms with Gasteiger partial charge in [0.25, 0.3) is 5.91 Å². The summed E-state index contributed by atoms with van der Waals surface area (Å²) in [7, 11) is 0. The van der Waals surface area contributed by atoms with E-state index in [1.54, 1.807) is 11.0 Å². The summed E-state index contributed by atoms with van der Waals surface area (Å²) < 4.78 is 33.9. The first-order valence-electron chi connectivity index (χ1n) is 17.8. The molecule has 4 amide bonds. The molecule has 2 fully saturated rings. The molecule has 6 rings (SSSR count). The minimum atomic E-state index is -1.40. The van der Waals surface area contributed by atoms with Gasteiger partial charge in [0.05, 0.1) is 24.6 Å². The minimum absolute atomic E-state index is 0.0372. The van der Waals surface area contributed by atoms with Crippen molar-refractivity contribution in [1.29, 1.82) is 0 Å². The lowest BCUT2D eigenvalue weighted by Gasteiger charge is -2.31. The lowest BCUT2D eigenvalue weighted by molar-refractivity contribution is -0.138. The lowest BCUT2D eigenvalue weighted by atomic mass is 9.93. The van der Waals surface area contributed by atoms with E-state index in [0.717, 1.165) is 35.1 Å². The molecule has 0 bridgehead atoms. The number of allylic oxidation sites excluding steroid dienone is 1. The molecular weight excluding hydrogens is 668 g/mol. The Morgan fingerprint density at radius 2 is 1.87 bits per heavy atom. The maximum atomic E-state index is 14.8. The molecule has 2 aliphatic heterocycles. The van der Waals surface area contributed by atoms with Crippen molar-refractivity contribution >= 4 is 46.4 Å². The van der Waals surface area contributed by atoms with Crippen molar-refractivity contribution in [2.75, 3.05) is 26.2 Å². The third-order valence-electron chi connectivity index (χ3n) is 9.41. The van der Waals surface area contributed by atoms with Crippen LogP contribution < -0.4 is 10.6 Å². The molecular formula is C40H45F2N5O5. The zero-order chi connectivity index (χ0) is 37.2. The second-order valence-electron chi connectivity index (χ2n) is 14.8. The maximum Gasteiger partial charge on any atom is 0.410 e. The molecule has 52 heavy (non-hydrogen) atoms. The van der Waals surface area contributed by atoms with Crippen LogP contribution in [-0.2, 0) is 14.3 Å². The van der Waals surface area contributed by atoms with Crippen LogP contribution in [0.2, 0.25) is 0 Å². The molecule has 1 aromatic heterocycles. The number of pyridine rings is 1. The molecule has 2 aromatic carbocycles. The Labute approximate surface area is 302 Å². The number of rotatable bonds is 9. The number of halogens is 2. The molecule has 274 valence electrons. The van der Waals surface area contributed by atoms with E-state index in [1.807, 2.05) is 45.9 Å². The fraction of sp³-hybridized carbons (Fsp3) is 0.425. The molecule has 3 aromatic rings. The molecule has 3 heterocycles. The first kappa shape index (κ1) is 36.7. The van der Waals surface area contributed by atoms with Crippen molar-refractivity contribution in [3.05, 3.63) is 88.9 Å². The highest BCUT2D eigenvalue weighted by Gasteiger charge is 2.40. The van der Waals surface area contributed by atoms with Crippen LogP contribution >= 0.6 is 0 Å². The van der Waals surface area contributed by atoms with Gasteiger partial charge in [-0.2, -0.15) is 0 Å². The van der Waals surface area contributed by atoms with Gasteiger partial charge in [0.2, 0.25) is 11.8 Å². The van der Waals surface area contributed by atoms with E-state index < -0.39 is 53.9 Å². The predicted molar refractivity (Wildman–Crippen MR) is 194 cm³/mol. The minimum Gasteiger partial charge on any atom is -0.444 e. The fourth-order valence-electron chi connectivity index (χ4n) is 6.53. The van der Waals surface area contributed by atoms with Gasteiger partial charge < -0.3 is 25.2 Å². The van der Waals surface area contributed by atoms with Gasteiger partial charge >= 0.3 is 6.09 Å². The number of nitrogens with zero attached hydrogens (tertiary/aromatic N) is 3. The summed E-state index contributed by atoms with van der Waals surface area (Å²) in [4.78, 5) is 59.8. The molecule has 0 spiro atoms. The number of hydrogen-bond donors (Lipinski definition) is 2. The summed E-state index contributed by atoms with van der Waals surface area (Å²) in [6.07, 6.45) is 7.37. The summed E-state index contributed by atoms with van der Waals surface area (Å²) in [5.41, 5.74) is 3.51. The number of aromatic nitrogens is 1. The number of ether oxygens (including phenoxy) is 1. The summed E-state index contributed by atoms with van der Waals surface area (Å²) in [6, 6.07) is 11.5. The molecule has 3 atom stereocenters. The normalized spacial score (nSPS) is 19.8. The quantitative estimate of drug-likeness (QED) is 0.266. The van der Waals surface area contributed by atoms with Crippen LogP contribution in [0, 0.1) is 11.7 Å². The topological polar surface area (TPSA) is 121 Å². The smallest absolute Gasteiger partial charge is 0.410 e. The van der Waals surface area contributed by atoms with Gasteiger partial charge in [-0.1, -0.05) is 36.4 Å². The molecule has 1 saturated heterocycles. The van der Waals surface area contributed by atoms with Crippen LogP contribution in [0.5, 0.6) is 0 Å². The molecule has 10 nitrogen and oxygen atoms in total. The zero-order valence-electron chi connectivity index (χ0n) is 30.0. The highest BCUT2D eigenvalue weighted by atomic mass is 19.1. The maximum absolute atomic E-state index is 14.8. The third kappa shape index (κ3) is 9.02. The Balaban J connectivity index is 1.13. The van der Waals surface area contributed by atoms with Crippen molar-refractivity contribution in [3.8, 4) is 0 Å². The molecule has 12 heteroatoms. The van der Waals surface area contributed by atoms with Gasteiger partial charge in [0, 0.05) is 24.9 Å². The van der Waals surface area contributed by atoms with Crippen LogP contribution in [-0.4, -0.2) is 82.6 Å². The number of amides is 4. The lowest BCUT2D eigenvalue weighted by Crippen LogP contribution is -2.49. The number of nitrogens with one attached hydrogen (secondary N) is 2. The van der Waals surface area contributed by atoms with Crippen LogP contribution in [0.25, 0.3) is 22.6 Å². The third-order valence-corrected chi connectivity index (χ3v) is 9.41. The summed E-state index contributed by atoms with van der Waals surface area (Å²) in [5.74, 6) is -1.61. The number of carbonyl (C=O) groups excluding carboxylic acids is 4. The van der Waals surface area contributed by atoms with E-state index in [4.69, 9.17) is 4.74 Å². The van der Waals surface area contributed by atoms with Crippen molar-refractivity contribution < 1.29 is 32.7 Å². The number of hydrogen-bond acceptors (Lipinski definition) is 6. The highest BCUT2D eigenvalue weighted by Crippen LogP contribution is 2.33. The van der Waals surface area contributed by atoms with Crippen molar-refractivity contribution in [2.45, 2.75) is 77.2 Å².